The van der Waals surface area contributed by atoms with Gasteiger partial charge in [0.05, 0.1) is 48.2 Å². The number of ether oxygens (including phenoxy) is 3. The number of hydrogen-bond donors (Lipinski definition) is 0. The van der Waals surface area contributed by atoms with E-state index in [1.165, 1.54) is 18.4 Å². The fraction of sp³-hybridized carbons (Fsp3) is 0.189. The van der Waals surface area contributed by atoms with E-state index in [2.05, 4.69) is 0 Å². The summed E-state index contributed by atoms with van der Waals surface area (Å²) in [5.41, 5.74) is 5.82. The van der Waals surface area contributed by atoms with E-state index in [0.29, 0.717) is 31.9 Å². The number of esters is 2. The van der Waals surface area contributed by atoms with Crippen LogP contribution < -0.4 is 19.6 Å². The van der Waals surface area contributed by atoms with Crippen molar-refractivity contribution in [2.75, 3.05) is 20.8 Å². The first-order valence-corrected chi connectivity index (χ1v) is 15.9. The van der Waals surface area contributed by atoms with Crippen LogP contribution in [0.3, 0.4) is 0 Å². The molecule has 1 atom stereocenters. The number of aryl methyl sites for hydroxylation is 1. The van der Waals surface area contributed by atoms with Crippen molar-refractivity contribution >= 4 is 35.0 Å². The van der Waals surface area contributed by atoms with Crippen LogP contribution in [0.5, 0.6) is 5.75 Å². The summed E-state index contributed by atoms with van der Waals surface area (Å²) in [6.45, 7) is 5.86. The van der Waals surface area contributed by atoms with Crippen LogP contribution in [0.15, 0.2) is 100 Å². The highest BCUT2D eigenvalue weighted by Gasteiger charge is 2.35. The topological polar surface area (TPSA) is 101 Å². The summed E-state index contributed by atoms with van der Waals surface area (Å²) >= 11 is 1.26. The second kappa shape index (κ2) is 13.1. The number of aromatic nitrogens is 2. The Bertz CT molecular complexity index is 2210. The van der Waals surface area contributed by atoms with Gasteiger partial charge in [0.1, 0.15) is 5.75 Å². The van der Waals surface area contributed by atoms with E-state index in [9.17, 15) is 14.4 Å². The van der Waals surface area contributed by atoms with E-state index < -0.39 is 18.0 Å². The maximum absolute atomic E-state index is 14.3. The molecule has 0 unspecified atom stereocenters. The van der Waals surface area contributed by atoms with Crippen LogP contribution in [0.1, 0.15) is 51.4 Å². The fourth-order valence-corrected chi connectivity index (χ4v) is 6.90. The van der Waals surface area contributed by atoms with Gasteiger partial charge in [-0.15, -0.1) is 0 Å². The standard InChI is InChI=1S/C37H33N3O6S/c1-6-46-36(43)31-32(24-11-8-7-9-12-24)38-37-40(33(31)25-15-17-29(44-4)18-16-25)34(41)30(47-37)21-27-19-22(2)39(23(27)3)28-14-10-13-26(20-28)35(42)45-5/h7-21,33H,6H2,1-5H3/b30-21+/t33-/m1/s1. The van der Waals surface area contributed by atoms with Crippen LogP contribution in [0, 0.1) is 13.8 Å². The summed E-state index contributed by atoms with van der Waals surface area (Å²) in [6.07, 6.45) is 1.86. The van der Waals surface area contributed by atoms with E-state index in [4.69, 9.17) is 19.2 Å². The lowest BCUT2D eigenvalue weighted by Gasteiger charge is -2.26. The van der Waals surface area contributed by atoms with Crippen molar-refractivity contribution in [1.29, 1.82) is 0 Å². The van der Waals surface area contributed by atoms with Gasteiger partial charge in [-0.2, -0.15) is 0 Å². The van der Waals surface area contributed by atoms with Crippen molar-refractivity contribution in [3.63, 3.8) is 0 Å². The van der Waals surface area contributed by atoms with Crippen molar-refractivity contribution in [2.45, 2.75) is 26.8 Å². The van der Waals surface area contributed by atoms with E-state index in [1.807, 2.05) is 85.2 Å². The second-order valence-electron chi connectivity index (χ2n) is 10.9. The number of carbonyl (C=O) groups is 2. The summed E-state index contributed by atoms with van der Waals surface area (Å²) in [5.74, 6) is -0.305. The Morgan fingerprint density at radius 3 is 2.36 bits per heavy atom. The molecular formula is C37H33N3O6S. The van der Waals surface area contributed by atoms with E-state index in [0.717, 1.165) is 28.2 Å². The van der Waals surface area contributed by atoms with Gasteiger partial charge in [0, 0.05) is 22.6 Å². The molecule has 0 spiro atoms. The zero-order valence-corrected chi connectivity index (χ0v) is 27.5. The molecule has 1 aliphatic heterocycles. The van der Waals surface area contributed by atoms with Gasteiger partial charge in [0.25, 0.3) is 5.56 Å². The average molecular weight is 648 g/mol. The van der Waals surface area contributed by atoms with Crippen molar-refractivity contribution in [3.05, 3.63) is 144 Å². The van der Waals surface area contributed by atoms with E-state index in [-0.39, 0.29) is 17.7 Å². The minimum Gasteiger partial charge on any atom is -0.497 e. The first kappa shape index (κ1) is 31.5. The third-order valence-corrected chi connectivity index (χ3v) is 9.07. The van der Waals surface area contributed by atoms with Crippen LogP contribution in [0.2, 0.25) is 0 Å². The van der Waals surface area contributed by atoms with E-state index >= 15 is 0 Å². The molecule has 238 valence electrons. The Labute approximate surface area is 275 Å². The van der Waals surface area contributed by atoms with Crippen molar-refractivity contribution in [1.82, 2.24) is 9.13 Å². The molecule has 0 amide bonds. The van der Waals surface area contributed by atoms with Crippen LogP contribution in [-0.2, 0) is 14.3 Å². The smallest absolute Gasteiger partial charge is 0.338 e. The number of methoxy groups -OCH3 is 2. The second-order valence-corrected chi connectivity index (χ2v) is 11.9. The highest BCUT2D eigenvalue weighted by Crippen LogP contribution is 2.35. The maximum atomic E-state index is 14.3. The number of hydrogen-bond acceptors (Lipinski definition) is 8. The molecule has 10 heteroatoms. The van der Waals surface area contributed by atoms with E-state index in [1.54, 1.807) is 42.9 Å². The van der Waals surface area contributed by atoms with Crippen molar-refractivity contribution in [3.8, 4) is 11.4 Å². The number of benzene rings is 3. The Morgan fingerprint density at radius 1 is 0.936 bits per heavy atom. The molecule has 3 heterocycles. The molecular weight excluding hydrogens is 614 g/mol. The summed E-state index contributed by atoms with van der Waals surface area (Å²) < 4.78 is 19.9. The Hall–Kier alpha value is -5.48. The zero-order chi connectivity index (χ0) is 33.2. The monoisotopic (exact) mass is 647 g/mol. The zero-order valence-electron chi connectivity index (χ0n) is 26.6. The van der Waals surface area contributed by atoms with Crippen LogP contribution in [0.4, 0.5) is 0 Å². The quantitative estimate of drug-likeness (QED) is 0.216. The highest BCUT2D eigenvalue weighted by molar-refractivity contribution is 7.07. The van der Waals surface area contributed by atoms with Gasteiger partial charge in [-0.1, -0.05) is 59.9 Å². The molecule has 2 aromatic heterocycles. The molecule has 1 aliphatic rings. The van der Waals surface area contributed by atoms with Crippen molar-refractivity contribution in [2.24, 2.45) is 4.99 Å². The van der Waals surface area contributed by atoms with Crippen LogP contribution in [0.25, 0.3) is 17.5 Å². The largest absolute Gasteiger partial charge is 0.497 e. The lowest BCUT2D eigenvalue weighted by molar-refractivity contribution is -0.138. The molecule has 6 rings (SSSR count). The molecule has 47 heavy (non-hydrogen) atoms. The van der Waals surface area contributed by atoms with Crippen LogP contribution >= 0.6 is 11.3 Å². The molecule has 0 saturated carbocycles. The minimum absolute atomic E-state index is 0.169. The highest BCUT2D eigenvalue weighted by atomic mass is 32.1. The van der Waals surface area contributed by atoms with Gasteiger partial charge in [-0.05, 0) is 74.4 Å². The predicted molar refractivity (Wildman–Crippen MR) is 181 cm³/mol. The maximum Gasteiger partial charge on any atom is 0.338 e. The average Bonchev–Trinajstić information content (AvgIpc) is 3.56. The minimum atomic E-state index is -0.790. The summed E-state index contributed by atoms with van der Waals surface area (Å²) in [4.78, 5) is 45.6. The molecule has 0 bridgehead atoms. The van der Waals surface area contributed by atoms with Gasteiger partial charge in [0.2, 0.25) is 0 Å². The van der Waals surface area contributed by atoms with Gasteiger partial charge in [-0.25, -0.2) is 14.6 Å². The number of fused-ring (bicyclic) bond motifs is 1. The first-order valence-electron chi connectivity index (χ1n) is 15.1. The molecule has 9 nitrogen and oxygen atoms in total. The summed E-state index contributed by atoms with van der Waals surface area (Å²) in [6, 6.07) is 25.2. The van der Waals surface area contributed by atoms with Gasteiger partial charge >= 0.3 is 11.9 Å². The lowest BCUT2D eigenvalue weighted by Crippen LogP contribution is -2.40. The predicted octanol–water partition coefficient (Wildman–Crippen LogP) is 5.14. The fourth-order valence-electron chi connectivity index (χ4n) is 5.90. The summed E-state index contributed by atoms with van der Waals surface area (Å²) in [5, 5.41) is 0. The van der Waals surface area contributed by atoms with Crippen molar-refractivity contribution < 1.29 is 23.8 Å². The number of thiazole rings is 1. The van der Waals surface area contributed by atoms with Gasteiger partial charge in [0.15, 0.2) is 4.80 Å². The molecule has 0 fully saturated rings. The summed E-state index contributed by atoms with van der Waals surface area (Å²) in [7, 11) is 2.94. The SMILES string of the molecule is CCOC(=O)C1=C(c2ccccc2)N=c2s/c(=C/c3cc(C)n(-c4cccc(C(=O)OC)c4)c3C)c(=O)n2[C@@H]1c1ccc(OC)cc1. The third-order valence-electron chi connectivity index (χ3n) is 8.09. The molecule has 3 aromatic carbocycles. The Morgan fingerprint density at radius 2 is 1.68 bits per heavy atom. The number of carbonyl (C=O) groups excluding carboxylic acids is 2. The first-order chi connectivity index (χ1) is 22.7. The normalized spacial score (nSPS) is 14.4. The lowest BCUT2D eigenvalue weighted by atomic mass is 9.93. The molecule has 0 radical (unpaired) electrons. The molecule has 0 saturated heterocycles. The van der Waals surface area contributed by atoms with Gasteiger partial charge in [-0.3, -0.25) is 9.36 Å². The third kappa shape index (κ3) is 5.83. The molecule has 0 N–H and O–H groups in total. The number of rotatable bonds is 8. The van der Waals surface area contributed by atoms with Gasteiger partial charge < -0.3 is 18.8 Å². The van der Waals surface area contributed by atoms with Crippen LogP contribution in [-0.4, -0.2) is 41.9 Å². The Balaban J connectivity index is 1.57. The molecule has 0 aliphatic carbocycles. The Kier molecular flexibility index (Phi) is 8.78. The number of nitrogens with zero attached hydrogens (tertiary/aromatic N) is 3. The molecule has 5 aromatic rings.